The van der Waals surface area contributed by atoms with Crippen LogP contribution in [-0.4, -0.2) is 52.5 Å². The van der Waals surface area contributed by atoms with E-state index in [4.69, 9.17) is 23.2 Å². The van der Waals surface area contributed by atoms with Crippen molar-refractivity contribution in [2.45, 2.75) is 31.3 Å². The third kappa shape index (κ3) is 3.01. The molecule has 2 saturated heterocycles. The number of rotatable bonds is 3. The zero-order chi connectivity index (χ0) is 17.5. The van der Waals surface area contributed by atoms with Crippen LogP contribution in [0, 0.1) is 5.92 Å². The Bertz CT molecular complexity index is 672. The van der Waals surface area contributed by atoms with Crippen LogP contribution >= 0.6 is 23.2 Å². The van der Waals surface area contributed by atoms with E-state index in [-0.39, 0.29) is 12.3 Å². The minimum Gasteiger partial charge on any atom is -0.481 e. The Morgan fingerprint density at radius 1 is 1.29 bits per heavy atom. The van der Waals surface area contributed by atoms with Crippen LogP contribution in [0.3, 0.4) is 0 Å². The monoisotopic (exact) mass is 370 g/mol. The van der Waals surface area contributed by atoms with Crippen LogP contribution in [0.1, 0.15) is 24.8 Å². The second kappa shape index (κ2) is 6.54. The Morgan fingerprint density at radius 3 is 2.54 bits per heavy atom. The third-order valence-electron chi connectivity index (χ3n) is 5.48. The molecule has 3 rings (SSSR count). The maximum Gasteiger partial charge on any atom is 0.309 e. The molecule has 2 heterocycles. The van der Waals surface area contributed by atoms with Crippen molar-refractivity contribution in [3.63, 3.8) is 0 Å². The van der Waals surface area contributed by atoms with E-state index in [1.807, 2.05) is 12.1 Å². The molecule has 0 aromatic heterocycles. The van der Waals surface area contributed by atoms with Crippen LogP contribution in [-0.2, 0) is 16.1 Å². The summed E-state index contributed by atoms with van der Waals surface area (Å²) in [6, 6.07) is 5.60. The number of halogens is 2. The van der Waals surface area contributed by atoms with Gasteiger partial charge < -0.3 is 10.0 Å². The molecular formula is C17H20Cl2N2O3. The number of carbonyl (C=O) groups is 2. The zero-order valence-electron chi connectivity index (χ0n) is 13.5. The molecule has 1 unspecified atom stereocenters. The molecular weight excluding hydrogens is 351 g/mol. The summed E-state index contributed by atoms with van der Waals surface area (Å²) in [4.78, 5) is 27.5. The van der Waals surface area contributed by atoms with E-state index >= 15 is 0 Å². The molecule has 0 bridgehead atoms. The first-order valence-electron chi connectivity index (χ1n) is 7.99. The molecule has 7 heteroatoms. The molecule has 24 heavy (non-hydrogen) atoms. The fraction of sp³-hybridized carbons (Fsp3) is 0.529. The van der Waals surface area contributed by atoms with E-state index in [1.54, 1.807) is 18.0 Å². The topological polar surface area (TPSA) is 60.9 Å². The Morgan fingerprint density at radius 2 is 1.96 bits per heavy atom. The fourth-order valence-corrected chi connectivity index (χ4v) is 4.30. The van der Waals surface area contributed by atoms with E-state index in [9.17, 15) is 14.7 Å². The van der Waals surface area contributed by atoms with Crippen LogP contribution < -0.4 is 0 Å². The third-order valence-corrected chi connectivity index (χ3v) is 6.22. The number of hydrogen-bond acceptors (Lipinski definition) is 3. The largest absolute Gasteiger partial charge is 0.481 e. The minimum absolute atomic E-state index is 0.0691. The summed E-state index contributed by atoms with van der Waals surface area (Å²) in [6.07, 6.45) is 1.46. The lowest BCUT2D eigenvalue weighted by Gasteiger charge is -2.45. The van der Waals surface area contributed by atoms with Crippen molar-refractivity contribution in [2.24, 2.45) is 5.92 Å². The molecule has 1 aromatic carbocycles. The first kappa shape index (κ1) is 17.5. The van der Waals surface area contributed by atoms with E-state index in [0.717, 1.165) is 25.2 Å². The lowest BCUT2D eigenvalue weighted by Crippen LogP contribution is -2.55. The highest BCUT2D eigenvalue weighted by atomic mass is 35.5. The molecule has 1 atom stereocenters. The normalized spacial score (nSPS) is 23.9. The lowest BCUT2D eigenvalue weighted by atomic mass is 9.77. The van der Waals surface area contributed by atoms with Gasteiger partial charge >= 0.3 is 5.97 Å². The van der Waals surface area contributed by atoms with Gasteiger partial charge in [-0.2, -0.15) is 0 Å². The molecule has 0 saturated carbocycles. The van der Waals surface area contributed by atoms with Crippen molar-refractivity contribution in [2.75, 3.05) is 20.1 Å². The number of likely N-dealkylation sites (tertiary alicyclic amines) is 2. The number of carboxylic acids is 1. The van der Waals surface area contributed by atoms with E-state index in [2.05, 4.69) is 4.90 Å². The summed E-state index contributed by atoms with van der Waals surface area (Å²) < 4.78 is 0. The van der Waals surface area contributed by atoms with Crippen molar-refractivity contribution in [3.05, 3.63) is 33.8 Å². The second-order valence-corrected chi connectivity index (χ2v) is 7.49. The number of aliphatic carboxylic acids is 1. The van der Waals surface area contributed by atoms with Gasteiger partial charge in [0.15, 0.2) is 0 Å². The number of carboxylic acid groups (broad SMARTS) is 1. The van der Waals surface area contributed by atoms with Crippen LogP contribution in [0.25, 0.3) is 0 Å². The molecule has 130 valence electrons. The van der Waals surface area contributed by atoms with Gasteiger partial charge in [-0.15, -0.1) is 0 Å². The van der Waals surface area contributed by atoms with Crippen molar-refractivity contribution >= 4 is 35.1 Å². The van der Waals surface area contributed by atoms with Gasteiger partial charge in [0.05, 0.1) is 21.5 Å². The summed E-state index contributed by atoms with van der Waals surface area (Å²) in [6.45, 7) is 2.24. The Labute approximate surface area is 151 Å². The summed E-state index contributed by atoms with van der Waals surface area (Å²) in [7, 11) is 1.74. The highest BCUT2D eigenvalue weighted by Gasteiger charge is 2.55. The minimum atomic E-state index is -0.870. The number of nitrogens with zero attached hydrogens (tertiary/aromatic N) is 2. The molecule has 2 fully saturated rings. The molecule has 0 aliphatic carbocycles. The van der Waals surface area contributed by atoms with Gasteiger partial charge in [-0.25, -0.2) is 0 Å². The standard InChI is InChI=1S/C17H20Cl2N2O3/c1-20-15(22)9-12(16(23)24)17(20)4-6-21(7-5-17)10-11-2-3-13(18)14(19)8-11/h2-3,8,12H,4-7,9-10H2,1H3,(H,23,24). The van der Waals surface area contributed by atoms with Crippen molar-refractivity contribution in [1.29, 1.82) is 0 Å². The zero-order valence-corrected chi connectivity index (χ0v) is 15.0. The van der Waals surface area contributed by atoms with E-state index in [0.29, 0.717) is 22.9 Å². The van der Waals surface area contributed by atoms with Crippen LogP contribution in [0.5, 0.6) is 0 Å². The van der Waals surface area contributed by atoms with Crippen molar-refractivity contribution in [1.82, 2.24) is 9.80 Å². The molecule has 5 nitrogen and oxygen atoms in total. The fourth-order valence-electron chi connectivity index (χ4n) is 3.98. The molecule has 1 amide bonds. The number of amides is 1. The maximum atomic E-state index is 12.0. The first-order valence-corrected chi connectivity index (χ1v) is 8.75. The summed E-state index contributed by atoms with van der Waals surface area (Å²) in [5, 5.41) is 10.6. The predicted molar refractivity (Wildman–Crippen MR) is 92.2 cm³/mol. The van der Waals surface area contributed by atoms with Gasteiger partial charge in [-0.3, -0.25) is 14.5 Å². The number of piperidine rings is 1. The predicted octanol–water partition coefficient (Wildman–Crippen LogP) is 2.89. The summed E-state index contributed by atoms with van der Waals surface area (Å²) in [5.74, 6) is -1.55. The van der Waals surface area contributed by atoms with Gasteiger partial charge in [-0.1, -0.05) is 29.3 Å². The van der Waals surface area contributed by atoms with Crippen LogP contribution in [0.2, 0.25) is 10.0 Å². The van der Waals surface area contributed by atoms with Gasteiger partial charge in [0.2, 0.25) is 5.91 Å². The Balaban J connectivity index is 1.69. The smallest absolute Gasteiger partial charge is 0.309 e. The van der Waals surface area contributed by atoms with E-state index < -0.39 is 17.4 Å². The van der Waals surface area contributed by atoms with Gasteiger partial charge in [-0.05, 0) is 30.5 Å². The molecule has 1 spiro atoms. The quantitative estimate of drug-likeness (QED) is 0.888. The molecule has 0 radical (unpaired) electrons. The maximum absolute atomic E-state index is 12.0. The number of carbonyl (C=O) groups excluding carboxylic acids is 1. The second-order valence-electron chi connectivity index (χ2n) is 6.68. The van der Waals surface area contributed by atoms with Gasteiger partial charge in [0, 0.05) is 33.1 Å². The first-order chi connectivity index (χ1) is 11.3. The number of benzene rings is 1. The van der Waals surface area contributed by atoms with Crippen molar-refractivity contribution < 1.29 is 14.7 Å². The van der Waals surface area contributed by atoms with Crippen LogP contribution in [0.4, 0.5) is 0 Å². The van der Waals surface area contributed by atoms with Crippen molar-refractivity contribution in [3.8, 4) is 0 Å². The SMILES string of the molecule is CN1C(=O)CC(C(=O)O)C12CCN(Cc1ccc(Cl)c(Cl)c1)CC2. The summed E-state index contributed by atoms with van der Waals surface area (Å²) >= 11 is 12.0. The lowest BCUT2D eigenvalue weighted by molar-refractivity contribution is -0.146. The average Bonchev–Trinajstić information content (AvgIpc) is 2.79. The molecule has 1 aromatic rings. The highest BCUT2D eigenvalue weighted by Crippen LogP contribution is 2.43. The summed E-state index contributed by atoms with van der Waals surface area (Å²) in [5.41, 5.74) is 0.530. The highest BCUT2D eigenvalue weighted by molar-refractivity contribution is 6.42. The average molecular weight is 371 g/mol. The Hall–Kier alpha value is -1.30. The van der Waals surface area contributed by atoms with E-state index in [1.165, 1.54) is 0 Å². The molecule has 1 N–H and O–H groups in total. The van der Waals surface area contributed by atoms with Gasteiger partial charge in [0.1, 0.15) is 0 Å². The molecule has 2 aliphatic rings. The Kier molecular flexibility index (Phi) is 4.78. The van der Waals surface area contributed by atoms with Crippen LogP contribution in [0.15, 0.2) is 18.2 Å². The van der Waals surface area contributed by atoms with Gasteiger partial charge in [0.25, 0.3) is 0 Å². The molecule has 2 aliphatic heterocycles. The number of hydrogen-bond donors (Lipinski definition) is 1.